The molecule has 1 aromatic carbocycles. The van der Waals surface area contributed by atoms with Gasteiger partial charge in [0.1, 0.15) is 5.65 Å². The summed E-state index contributed by atoms with van der Waals surface area (Å²) >= 11 is 0. The van der Waals surface area contributed by atoms with Crippen LogP contribution in [0.5, 0.6) is 0 Å². The molecule has 0 saturated carbocycles. The van der Waals surface area contributed by atoms with Crippen LogP contribution in [-0.4, -0.2) is 22.4 Å². The normalized spacial score (nSPS) is 19.3. The number of ether oxygens (including phenoxy) is 1. The molecule has 0 bridgehead atoms. The van der Waals surface area contributed by atoms with Crippen molar-refractivity contribution in [3.8, 4) is 0 Å². The molecule has 2 aromatic heterocycles. The number of hydrogen-bond acceptors (Lipinski definition) is 3. The first-order chi connectivity index (χ1) is 12.6. The van der Waals surface area contributed by atoms with Crippen molar-refractivity contribution in [2.24, 2.45) is 0 Å². The number of carbonyl (C=O) groups is 1. The molecule has 1 aliphatic carbocycles. The molecule has 0 fully saturated rings. The Balaban J connectivity index is 1.65. The summed E-state index contributed by atoms with van der Waals surface area (Å²) in [6.45, 7) is 3.97. The van der Waals surface area contributed by atoms with Crippen molar-refractivity contribution in [2.45, 2.75) is 38.8 Å². The van der Waals surface area contributed by atoms with Gasteiger partial charge in [0.15, 0.2) is 0 Å². The zero-order chi connectivity index (χ0) is 18.3. The van der Waals surface area contributed by atoms with Gasteiger partial charge in [0.25, 0.3) is 5.91 Å². The maximum atomic E-state index is 13.0. The van der Waals surface area contributed by atoms with Crippen LogP contribution in [0.25, 0.3) is 5.65 Å². The Labute approximate surface area is 153 Å². The lowest BCUT2D eigenvalue weighted by molar-refractivity contribution is 0.0777. The number of benzene rings is 1. The number of aromatic nitrogens is 2. The van der Waals surface area contributed by atoms with Crippen LogP contribution in [0.1, 0.15) is 57.9 Å². The molecule has 5 heteroatoms. The van der Waals surface area contributed by atoms with E-state index in [1.165, 1.54) is 0 Å². The zero-order valence-corrected chi connectivity index (χ0v) is 15.3. The van der Waals surface area contributed by atoms with E-state index in [0.29, 0.717) is 11.2 Å². The standard InChI is InChI=1S/C21H23N3O2/c1-13-12-14(2)24-11-10-17(20(24)22-13)21(25)23-18-8-9-19(26-3)16-7-5-4-6-15(16)18/h4-7,10-12,18-19H,8-9H2,1-3H3,(H,23,25). The van der Waals surface area contributed by atoms with Crippen molar-refractivity contribution in [1.82, 2.24) is 14.7 Å². The number of aryl methyl sites for hydroxylation is 2. The molecular weight excluding hydrogens is 326 g/mol. The van der Waals surface area contributed by atoms with Crippen LogP contribution < -0.4 is 5.32 Å². The van der Waals surface area contributed by atoms with Gasteiger partial charge >= 0.3 is 0 Å². The third-order valence-corrected chi connectivity index (χ3v) is 5.21. The first-order valence-corrected chi connectivity index (χ1v) is 8.96. The second-order valence-electron chi connectivity index (χ2n) is 6.92. The number of fused-ring (bicyclic) bond motifs is 2. The number of nitrogens with one attached hydrogen (secondary N) is 1. The van der Waals surface area contributed by atoms with E-state index in [-0.39, 0.29) is 18.1 Å². The number of amides is 1. The third-order valence-electron chi connectivity index (χ3n) is 5.21. The van der Waals surface area contributed by atoms with Crippen LogP contribution in [0.3, 0.4) is 0 Å². The highest BCUT2D eigenvalue weighted by Gasteiger charge is 2.28. The lowest BCUT2D eigenvalue weighted by Crippen LogP contribution is -2.32. The van der Waals surface area contributed by atoms with Crippen LogP contribution in [0, 0.1) is 13.8 Å². The predicted octanol–water partition coefficient (Wildman–Crippen LogP) is 3.90. The summed E-state index contributed by atoms with van der Waals surface area (Å²) in [5.74, 6) is -0.0827. The van der Waals surface area contributed by atoms with E-state index < -0.39 is 0 Å². The molecule has 1 amide bonds. The SMILES string of the molecule is COC1CCC(NC(=O)c2ccn3c(C)cc(C)nc23)c2ccccc21. The largest absolute Gasteiger partial charge is 0.377 e. The summed E-state index contributed by atoms with van der Waals surface area (Å²) in [6.07, 6.45) is 3.76. The molecule has 26 heavy (non-hydrogen) atoms. The molecule has 0 radical (unpaired) electrons. The van der Waals surface area contributed by atoms with Gasteiger partial charge in [0, 0.05) is 24.7 Å². The Kier molecular flexibility index (Phi) is 4.24. The van der Waals surface area contributed by atoms with Crippen molar-refractivity contribution in [1.29, 1.82) is 0 Å². The Morgan fingerprint density at radius 1 is 1.19 bits per heavy atom. The van der Waals surface area contributed by atoms with Gasteiger partial charge in [0.2, 0.25) is 0 Å². The maximum absolute atomic E-state index is 13.0. The monoisotopic (exact) mass is 349 g/mol. The van der Waals surface area contributed by atoms with Gasteiger partial charge in [-0.15, -0.1) is 0 Å². The van der Waals surface area contributed by atoms with Gasteiger partial charge in [0.05, 0.1) is 17.7 Å². The van der Waals surface area contributed by atoms with Crippen LogP contribution in [0.4, 0.5) is 0 Å². The minimum atomic E-state index is -0.0827. The molecule has 5 nitrogen and oxygen atoms in total. The Morgan fingerprint density at radius 3 is 2.73 bits per heavy atom. The summed E-state index contributed by atoms with van der Waals surface area (Å²) in [4.78, 5) is 17.5. The summed E-state index contributed by atoms with van der Waals surface area (Å²) in [7, 11) is 1.74. The third kappa shape index (κ3) is 2.78. The zero-order valence-electron chi connectivity index (χ0n) is 15.3. The van der Waals surface area contributed by atoms with E-state index in [0.717, 1.165) is 35.4 Å². The van der Waals surface area contributed by atoms with Gasteiger partial charge in [-0.25, -0.2) is 4.98 Å². The highest BCUT2D eigenvalue weighted by Crippen LogP contribution is 2.37. The molecule has 4 rings (SSSR count). The summed E-state index contributed by atoms with van der Waals surface area (Å²) in [5.41, 5.74) is 5.61. The van der Waals surface area contributed by atoms with Gasteiger partial charge < -0.3 is 14.5 Å². The minimum Gasteiger partial charge on any atom is -0.377 e. The predicted molar refractivity (Wildman–Crippen MR) is 100 cm³/mol. The molecular formula is C21H23N3O2. The molecule has 1 aliphatic rings. The Hall–Kier alpha value is -2.66. The molecule has 0 aliphatic heterocycles. The average molecular weight is 349 g/mol. The summed E-state index contributed by atoms with van der Waals surface area (Å²) in [6, 6.07) is 12.0. The van der Waals surface area contributed by atoms with E-state index in [1.54, 1.807) is 7.11 Å². The minimum absolute atomic E-state index is 0.00837. The molecule has 0 saturated heterocycles. The quantitative estimate of drug-likeness (QED) is 0.780. The lowest BCUT2D eigenvalue weighted by atomic mass is 9.85. The van der Waals surface area contributed by atoms with E-state index in [1.807, 2.05) is 48.7 Å². The first-order valence-electron chi connectivity index (χ1n) is 8.96. The summed E-state index contributed by atoms with van der Waals surface area (Å²) < 4.78 is 7.56. The second-order valence-corrected chi connectivity index (χ2v) is 6.92. The number of rotatable bonds is 3. The fraction of sp³-hybridized carbons (Fsp3) is 0.333. The fourth-order valence-electron chi connectivity index (χ4n) is 3.95. The molecule has 1 N–H and O–H groups in total. The van der Waals surface area contributed by atoms with Crippen LogP contribution >= 0.6 is 0 Å². The molecule has 0 spiro atoms. The van der Waals surface area contributed by atoms with Gasteiger partial charge in [-0.3, -0.25) is 4.79 Å². The number of hydrogen-bond donors (Lipinski definition) is 1. The van der Waals surface area contributed by atoms with Crippen LogP contribution in [0.2, 0.25) is 0 Å². The lowest BCUT2D eigenvalue weighted by Gasteiger charge is -2.31. The van der Waals surface area contributed by atoms with Crippen molar-refractivity contribution >= 4 is 11.6 Å². The first kappa shape index (κ1) is 16.8. The van der Waals surface area contributed by atoms with Crippen molar-refractivity contribution in [3.63, 3.8) is 0 Å². The topological polar surface area (TPSA) is 55.6 Å². The van der Waals surface area contributed by atoms with Gasteiger partial charge in [-0.1, -0.05) is 24.3 Å². The maximum Gasteiger partial charge on any atom is 0.255 e. The van der Waals surface area contributed by atoms with E-state index >= 15 is 0 Å². The fourth-order valence-corrected chi connectivity index (χ4v) is 3.95. The van der Waals surface area contributed by atoms with E-state index in [4.69, 9.17) is 4.74 Å². The number of methoxy groups -OCH3 is 1. The highest BCUT2D eigenvalue weighted by molar-refractivity contribution is 6.00. The smallest absolute Gasteiger partial charge is 0.255 e. The molecule has 3 aromatic rings. The molecule has 2 atom stereocenters. The second kappa shape index (κ2) is 6.57. The number of carbonyl (C=O) groups excluding carboxylic acids is 1. The Morgan fingerprint density at radius 2 is 1.96 bits per heavy atom. The van der Waals surface area contributed by atoms with Gasteiger partial charge in [-0.05, 0) is 49.9 Å². The average Bonchev–Trinajstić information content (AvgIpc) is 3.06. The molecule has 2 heterocycles. The van der Waals surface area contributed by atoms with Crippen molar-refractivity contribution in [2.75, 3.05) is 7.11 Å². The van der Waals surface area contributed by atoms with Crippen molar-refractivity contribution in [3.05, 3.63) is 70.7 Å². The van der Waals surface area contributed by atoms with E-state index in [2.05, 4.69) is 22.4 Å². The number of nitrogens with zero attached hydrogens (tertiary/aromatic N) is 2. The molecule has 134 valence electrons. The van der Waals surface area contributed by atoms with Gasteiger partial charge in [-0.2, -0.15) is 0 Å². The molecule has 2 unspecified atom stereocenters. The Bertz CT molecular complexity index is 977. The van der Waals surface area contributed by atoms with Crippen molar-refractivity contribution < 1.29 is 9.53 Å². The summed E-state index contributed by atoms with van der Waals surface area (Å²) in [5, 5.41) is 3.21. The highest BCUT2D eigenvalue weighted by atomic mass is 16.5. The van der Waals surface area contributed by atoms with Crippen LogP contribution in [-0.2, 0) is 4.74 Å². The van der Waals surface area contributed by atoms with E-state index in [9.17, 15) is 4.79 Å². The van der Waals surface area contributed by atoms with Crippen LogP contribution in [0.15, 0.2) is 42.6 Å².